The summed E-state index contributed by atoms with van der Waals surface area (Å²) < 4.78 is 44.4. The molecule has 2 aromatic rings. The number of amides is 1. The predicted molar refractivity (Wildman–Crippen MR) is 104 cm³/mol. The molecule has 4 heterocycles. The highest BCUT2D eigenvalue weighted by Crippen LogP contribution is 2.33. The smallest absolute Gasteiger partial charge is 0.383 e. The minimum atomic E-state index is -4.42. The summed E-state index contributed by atoms with van der Waals surface area (Å²) in [5, 5.41) is 0. The third-order valence-electron chi connectivity index (χ3n) is 5.68. The Labute approximate surface area is 172 Å². The molecule has 0 saturated carbocycles. The van der Waals surface area contributed by atoms with Crippen LogP contribution in [-0.4, -0.2) is 47.1 Å². The fourth-order valence-electron chi connectivity index (χ4n) is 4.10. The van der Waals surface area contributed by atoms with Crippen molar-refractivity contribution in [3.8, 4) is 0 Å². The highest BCUT2D eigenvalue weighted by Gasteiger charge is 2.35. The molecule has 4 rings (SSSR count). The number of alkyl halides is 3. The van der Waals surface area contributed by atoms with Crippen molar-refractivity contribution in [2.75, 3.05) is 25.2 Å². The lowest BCUT2D eigenvalue weighted by Crippen LogP contribution is -2.36. The molecule has 0 unspecified atom stereocenters. The Kier molecular flexibility index (Phi) is 5.17. The van der Waals surface area contributed by atoms with Crippen LogP contribution in [0.2, 0.25) is 0 Å². The van der Waals surface area contributed by atoms with Crippen LogP contribution >= 0.6 is 0 Å². The fraction of sp³-hybridized carbons (Fsp3) is 0.476. The zero-order chi connectivity index (χ0) is 21.6. The number of hydrogen-bond donors (Lipinski definition) is 0. The monoisotopic (exact) mass is 420 g/mol. The van der Waals surface area contributed by atoms with E-state index in [1.165, 1.54) is 6.07 Å². The van der Waals surface area contributed by atoms with Crippen LogP contribution in [-0.2, 0) is 30.4 Å². The van der Waals surface area contributed by atoms with Gasteiger partial charge in [0.05, 0.1) is 36.0 Å². The molecule has 2 aromatic heterocycles. The molecule has 2 aliphatic heterocycles. The summed E-state index contributed by atoms with van der Waals surface area (Å²) >= 11 is 0. The number of aromatic nitrogens is 2. The number of pyridine rings is 2. The first-order valence-corrected chi connectivity index (χ1v) is 9.79. The summed E-state index contributed by atoms with van der Waals surface area (Å²) in [5.41, 5.74) is 2.60. The van der Waals surface area contributed by atoms with Crippen LogP contribution in [0.25, 0.3) is 0 Å². The Balaban J connectivity index is 1.61. The summed E-state index contributed by atoms with van der Waals surface area (Å²) in [4.78, 5) is 25.2. The van der Waals surface area contributed by atoms with Gasteiger partial charge >= 0.3 is 6.18 Å². The number of aryl methyl sites for hydroxylation is 1. The number of nitrogens with zero attached hydrogens (tertiary/aromatic N) is 4. The van der Waals surface area contributed by atoms with Gasteiger partial charge in [0, 0.05) is 38.5 Å². The van der Waals surface area contributed by atoms with Gasteiger partial charge in [0.15, 0.2) is 0 Å². The number of carbonyl (C=O) groups is 1. The maximum Gasteiger partial charge on any atom is 0.417 e. The summed E-state index contributed by atoms with van der Waals surface area (Å²) in [6.45, 7) is 5.54. The highest BCUT2D eigenvalue weighted by atomic mass is 19.4. The molecule has 0 radical (unpaired) electrons. The van der Waals surface area contributed by atoms with Gasteiger partial charge in [0.2, 0.25) is 0 Å². The molecule has 0 bridgehead atoms. The lowest BCUT2D eigenvalue weighted by atomic mass is 10.0. The number of fused-ring (bicyclic) bond motifs is 2. The molecular formula is C21H23F3N4O2. The summed E-state index contributed by atoms with van der Waals surface area (Å²) in [6.07, 6.45) is -2.98. The number of halogens is 3. The van der Waals surface area contributed by atoms with E-state index in [-0.39, 0.29) is 11.9 Å². The van der Waals surface area contributed by atoms with Gasteiger partial charge in [0.25, 0.3) is 5.91 Å². The molecule has 0 aromatic carbocycles. The van der Waals surface area contributed by atoms with Crippen molar-refractivity contribution in [3.05, 3.63) is 52.0 Å². The molecule has 1 amide bonds. The molecule has 160 valence electrons. The van der Waals surface area contributed by atoms with E-state index in [4.69, 9.17) is 9.72 Å². The van der Waals surface area contributed by atoms with E-state index < -0.39 is 11.7 Å². The molecule has 30 heavy (non-hydrogen) atoms. The van der Waals surface area contributed by atoms with Crippen molar-refractivity contribution in [2.24, 2.45) is 0 Å². The normalized spacial score (nSPS) is 17.2. The molecule has 9 heteroatoms. The van der Waals surface area contributed by atoms with Crippen LogP contribution in [0.5, 0.6) is 0 Å². The van der Waals surface area contributed by atoms with E-state index in [0.717, 1.165) is 11.8 Å². The zero-order valence-electron chi connectivity index (χ0n) is 17.1. The number of methoxy groups -OCH3 is 1. The van der Waals surface area contributed by atoms with E-state index in [0.29, 0.717) is 61.0 Å². The Morgan fingerprint density at radius 2 is 2.00 bits per heavy atom. The molecule has 0 fully saturated rings. The molecule has 0 spiro atoms. The van der Waals surface area contributed by atoms with Crippen molar-refractivity contribution < 1.29 is 22.7 Å². The maximum atomic E-state index is 13.1. The fourth-order valence-corrected chi connectivity index (χ4v) is 4.10. The number of rotatable bonds is 4. The summed E-state index contributed by atoms with van der Waals surface area (Å²) in [7, 11) is 1.60. The SMILES string of the molecule is COC[C@H](C)N1Cc2nc(N3CCc4ncc(C(F)(F)F)cc4C3)c(C)cc2C1=O. The molecular weight excluding hydrogens is 397 g/mol. The van der Waals surface area contributed by atoms with Gasteiger partial charge in [-0.3, -0.25) is 9.78 Å². The topological polar surface area (TPSA) is 58.6 Å². The second kappa shape index (κ2) is 7.54. The van der Waals surface area contributed by atoms with Crippen molar-refractivity contribution >= 4 is 11.7 Å². The Morgan fingerprint density at radius 1 is 1.23 bits per heavy atom. The van der Waals surface area contributed by atoms with Crippen LogP contribution in [0.3, 0.4) is 0 Å². The van der Waals surface area contributed by atoms with Crippen LogP contribution in [0.4, 0.5) is 19.0 Å². The molecule has 0 saturated heterocycles. The molecule has 0 aliphatic carbocycles. The average molecular weight is 420 g/mol. The number of carbonyl (C=O) groups excluding carboxylic acids is 1. The predicted octanol–water partition coefficient (Wildman–Crippen LogP) is 3.36. The van der Waals surface area contributed by atoms with Crippen molar-refractivity contribution in [3.63, 3.8) is 0 Å². The van der Waals surface area contributed by atoms with Gasteiger partial charge < -0.3 is 14.5 Å². The minimum absolute atomic E-state index is 0.0697. The van der Waals surface area contributed by atoms with Crippen LogP contribution in [0, 0.1) is 6.92 Å². The van der Waals surface area contributed by atoms with Crippen LogP contribution in [0.15, 0.2) is 18.3 Å². The Morgan fingerprint density at radius 3 is 2.70 bits per heavy atom. The first-order valence-electron chi connectivity index (χ1n) is 9.79. The summed E-state index contributed by atoms with van der Waals surface area (Å²) in [6, 6.07) is 2.93. The summed E-state index contributed by atoms with van der Waals surface area (Å²) in [5.74, 6) is 0.630. The van der Waals surface area contributed by atoms with E-state index in [1.807, 2.05) is 24.8 Å². The minimum Gasteiger partial charge on any atom is -0.383 e. The second-order valence-corrected chi connectivity index (χ2v) is 7.86. The van der Waals surface area contributed by atoms with Gasteiger partial charge in [-0.25, -0.2) is 4.98 Å². The van der Waals surface area contributed by atoms with Crippen LogP contribution in [0.1, 0.15) is 45.4 Å². The lowest BCUT2D eigenvalue weighted by molar-refractivity contribution is -0.137. The van der Waals surface area contributed by atoms with Crippen LogP contribution < -0.4 is 4.90 Å². The van der Waals surface area contributed by atoms with Crippen molar-refractivity contribution in [1.82, 2.24) is 14.9 Å². The van der Waals surface area contributed by atoms with Gasteiger partial charge in [0.1, 0.15) is 5.82 Å². The first-order chi connectivity index (χ1) is 14.2. The molecule has 6 nitrogen and oxygen atoms in total. The van der Waals surface area contributed by atoms with Gasteiger partial charge in [-0.15, -0.1) is 0 Å². The largest absolute Gasteiger partial charge is 0.417 e. The highest BCUT2D eigenvalue weighted by molar-refractivity contribution is 5.98. The second-order valence-electron chi connectivity index (χ2n) is 7.86. The maximum absolute atomic E-state index is 13.1. The zero-order valence-corrected chi connectivity index (χ0v) is 17.1. The molecule has 1 atom stereocenters. The number of ether oxygens (including phenoxy) is 1. The van der Waals surface area contributed by atoms with Gasteiger partial charge in [-0.2, -0.15) is 13.2 Å². The van der Waals surface area contributed by atoms with Gasteiger partial charge in [-0.1, -0.05) is 0 Å². The molecule has 0 N–H and O–H groups in total. The van der Waals surface area contributed by atoms with Crippen molar-refractivity contribution in [2.45, 2.75) is 45.6 Å². The lowest BCUT2D eigenvalue weighted by Gasteiger charge is -2.31. The number of hydrogen-bond acceptors (Lipinski definition) is 5. The third-order valence-corrected chi connectivity index (χ3v) is 5.68. The number of anilines is 1. The third kappa shape index (κ3) is 3.62. The van der Waals surface area contributed by atoms with E-state index >= 15 is 0 Å². The Hall–Kier alpha value is -2.68. The standard InChI is InChI=1S/C21H23F3N4O2/c1-12-6-16-18(10-28(20(16)29)13(2)11-30-3)26-19(12)27-5-4-17-14(9-27)7-15(8-25-17)21(22,23)24/h6-8,13H,4-5,9-11H2,1-3H3/t13-/m0/s1. The quantitative estimate of drug-likeness (QED) is 0.759. The van der Waals surface area contributed by atoms with E-state index in [9.17, 15) is 18.0 Å². The van der Waals surface area contributed by atoms with E-state index in [1.54, 1.807) is 12.0 Å². The van der Waals surface area contributed by atoms with Crippen molar-refractivity contribution in [1.29, 1.82) is 0 Å². The van der Waals surface area contributed by atoms with Gasteiger partial charge in [-0.05, 0) is 37.1 Å². The first kappa shape index (κ1) is 20.6. The molecule has 2 aliphatic rings. The van der Waals surface area contributed by atoms with E-state index in [2.05, 4.69) is 4.98 Å². The average Bonchev–Trinajstić information content (AvgIpc) is 3.02. The Bertz CT molecular complexity index is 993.